The fraction of sp³-hybridized carbons (Fsp3) is 0.333. The summed E-state index contributed by atoms with van der Waals surface area (Å²) in [6.45, 7) is 2.47. The van der Waals surface area contributed by atoms with Crippen molar-refractivity contribution in [3.63, 3.8) is 0 Å². The molecule has 10 heteroatoms. The van der Waals surface area contributed by atoms with Crippen LogP contribution >= 0.6 is 22.9 Å². The second-order valence-corrected chi connectivity index (χ2v) is 8.10. The first-order valence-electron chi connectivity index (χ1n) is 3.82. The largest absolute Gasteiger partial charge is 0.422 e. The molecule has 0 bridgehead atoms. The van der Waals surface area contributed by atoms with Crippen molar-refractivity contribution >= 4 is 22.9 Å². The molecule has 0 saturated carbocycles. The first-order valence-corrected chi connectivity index (χ1v) is 8.47. The molecule has 88 valence electrons. The van der Waals surface area contributed by atoms with E-state index in [1.54, 1.807) is 11.3 Å². The maximum absolute atomic E-state index is 13.7. The van der Waals surface area contributed by atoms with Gasteiger partial charge in [-0.25, -0.2) is 0 Å². The Kier molecular flexibility index (Phi) is 3.76. The minimum Gasteiger partial charge on any atom is -0.168 e. The van der Waals surface area contributed by atoms with E-state index in [-0.39, 0.29) is 0 Å². The van der Waals surface area contributed by atoms with E-state index in [0.717, 1.165) is 0 Å². The molecule has 0 aromatic heterocycles. The van der Waals surface area contributed by atoms with Crippen molar-refractivity contribution in [2.45, 2.75) is 13.8 Å². The van der Waals surface area contributed by atoms with Gasteiger partial charge in [-0.15, -0.1) is 17.4 Å². The molecule has 0 spiro atoms. The Hall–Kier alpha value is -0.470. The summed E-state index contributed by atoms with van der Waals surface area (Å²) in [5, 5.41) is 0. The van der Waals surface area contributed by atoms with Crippen LogP contribution in [0, 0.1) is 23.2 Å². The van der Waals surface area contributed by atoms with Gasteiger partial charge >= 0.3 is 22.9 Å². The molecule has 0 aliphatic carbocycles. The van der Waals surface area contributed by atoms with Gasteiger partial charge in [-0.05, 0) is 25.2 Å². The summed E-state index contributed by atoms with van der Waals surface area (Å²) in [6, 6.07) is 0. The zero-order chi connectivity index (χ0) is 12.4. The van der Waals surface area contributed by atoms with E-state index in [1.165, 1.54) is 13.8 Å². The molecule has 2 unspecified atom stereocenters. The van der Waals surface area contributed by atoms with Crippen molar-refractivity contribution in [2.75, 3.05) is 0 Å². The van der Waals surface area contributed by atoms with E-state index in [2.05, 4.69) is 25.4 Å². The van der Waals surface area contributed by atoms with Crippen LogP contribution < -0.4 is 0 Å². The van der Waals surface area contributed by atoms with Crippen LogP contribution in [-0.2, 0) is 0 Å². The van der Waals surface area contributed by atoms with Crippen LogP contribution in [0.25, 0.3) is 0 Å². The van der Waals surface area contributed by atoms with Crippen molar-refractivity contribution < 1.29 is 16.8 Å². The summed E-state index contributed by atoms with van der Waals surface area (Å²) in [5.74, 6) is 4.16. The van der Waals surface area contributed by atoms with Gasteiger partial charge in [-0.2, -0.15) is 12.9 Å². The number of nitrogens with zero attached hydrogens (tertiary/aromatic N) is 3. The standard InChI is InChI=1S/C6H6F4N3P3/c1-3-5-14(7)11-15(8,6-4-2)13-16(9,10)12-14/h1-2H3. The summed E-state index contributed by atoms with van der Waals surface area (Å²) in [5.41, 5.74) is 3.60. The second kappa shape index (κ2) is 4.42. The van der Waals surface area contributed by atoms with Crippen LogP contribution in [0.15, 0.2) is 13.5 Å². The molecule has 0 radical (unpaired) electrons. The molecule has 0 saturated heterocycles. The SMILES string of the molecule is CC#CP1(F)=NP(F)(F)=NP(F)(C#CC)=N1. The topological polar surface area (TPSA) is 37.1 Å². The van der Waals surface area contributed by atoms with Crippen molar-refractivity contribution in [3.8, 4) is 23.2 Å². The molecule has 3 nitrogen and oxygen atoms in total. The lowest BCUT2D eigenvalue weighted by Gasteiger charge is -2.13. The third-order valence-electron chi connectivity index (χ3n) is 1.20. The Morgan fingerprint density at radius 1 is 0.750 bits per heavy atom. The normalized spacial score (nSPS) is 35.1. The van der Waals surface area contributed by atoms with E-state index in [9.17, 15) is 16.8 Å². The molecule has 1 aliphatic heterocycles. The Morgan fingerprint density at radius 2 is 1.19 bits per heavy atom. The molecule has 1 aliphatic rings. The number of rotatable bonds is 0. The summed E-state index contributed by atoms with van der Waals surface area (Å²) in [7, 11) is -14.3. The summed E-state index contributed by atoms with van der Waals surface area (Å²) >= 11 is 0. The minimum atomic E-state index is -5.34. The van der Waals surface area contributed by atoms with Crippen LogP contribution in [0.2, 0.25) is 0 Å². The fourth-order valence-electron chi connectivity index (χ4n) is 0.870. The molecule has 0 fully saturated rings. The highest BCUT2D eigenvalue weighted by Gasteiger charge is 2.36. The Labute approximate surface area is 90.8 Å². The van der Waals surface area contributed by atoms with Gasteiger partial charge in [0.1, 0.15) is 0 Å². The molecular formula is C6H6F4N3P3. The fourth-order valence-corrected chi connectivity index (χ4v) is 7.09. The van der Waals surface area contributed by atoms with Gasteiger partial charge in [0.05, 0.1) is 0 Å². The van der Waals surface area contributed by atoms with Crippen LogP contribution in [0.4, 0.5) is 16.8 Å². The van der Waals surface area contributed by atoms with E-state index >= 15 is 0 Å². The molecule has 16 heavy (non-hydrogen) atoms. The maximum atomic E-state index is 13.7. The predicted molar refractivity (Wildman–Crippen MR) is 59.4 cm³/mol. The smallest absolute Gasteiger partial charge is 0.168 e. The van der Waals surface area contributed by atoms with E-state index in [1.807, 2.05) is 0 Å². The van der Waals surface area contributed by atoms with Gasteiger partial charge < -0.3 is 0 Å². The molecule has 0 amide bonds. The molecular weight excluding hydrogens is 283 g/mol. The van der Waals surface area contributed by atoms with Gasteiger partial charge in [-0.1, -0.05) is 11.8 Å². The maximum Gasteiger partial charge on any atom is 0.422 e. The lowest BCUT2D eigenvalue weighted by atomic mass is 10.9. The van der Waals surface area contributed by atoms with Crippen molar-refractivity contribution in [2.24, 2.45) is 13.5 Å². The first kappa shape index (κ1) is 13.6. The van der Waals surface area contributed by atoms with Gasteiger partial charge in [0.25, 0.3) is 0 Å². The number of hydrogen-bond donors (Lipinski definition) is 0. The van der Waals surface area contributed by atoms with Crippen LogP contribution in [-0.4, -0.2) is 0 Å². The second-order valence-electron chi connectivity index (χ2n) is 2.50. The molecule has 1 heterocycles. The zero-order valence-electron chi connectivity index (χ0n) is 8.20. The summed E-state index contributed by atoms with van der Waals surface area (Å²) < 4.78 is 61.5. The monoisotopic (exact) mass is 289 g/mol. The van der Waals surface area contributed by atoms with Crippen molar-refractivity contribution in [1.29, 1.82) is 0 Å². The molecule has 0 N–H and O–H groups in total. The first-order chi connectivity index (χ1) is 7.24. The van der Waals surface area contributed by atoms with E-state index < -0.39 is 22.9 Å². The third kappa shape index (κ3) is 3.26. The van der Waals surface area contributed by atoms with Gasteiger partial charge in [0.2, 0.25) is 0 Å². The van der Waals surface area contributed by atoms with Crippen LogP contribution in [0.3, 0.4) is 0 Å². The average molecular weight is 289 g/mol. The lowest BCUT2D eigenvalue weighted by molar-refractivity contribution is 0.722. The highest BCUT2D eigenvalue weighted by molar-refractivity contribution is 7.84. The molecule has 2 atom stereocenters. The Morgan fingerprint density at radius 3 is 1.62 bits per heavy atom. The van der Waals surface area contributed by atoms with Crippen LogP contribution in [0.1, 0.15) is 13.8 Å². The van der Waals surface area contributed by atoms with Gasteiger partial charge in [0.15, 0.2) is 0 Å². The van der Waals surface area contributed by atoms with Crippen molar-refractivity contribution in [1.82, 2.24) is 0 Å². The van der Waals surface area contributed by atoms with Crippen molar-refractivity contribution in [3.05, 3.63) is 0 Å². The molecule has 0 aromatic carbocycles. The quantitative estimate of drug-likeness (QED) is 0.305. The van der Waals surface area contributed by atoms with E-state index in [4.69, 9.17) is 0 Å². The minimum absolute atomic E-state index is 1.23. The lowest BCUT2D eigenvalue weighted by Crippen LogP contribution is -1.74. The summed E-state index contributed by atoms with van der Waals surface area (Å²) in [4.78, 5) is 0. The number of halogens is 4. The Bertz CT molecular complexity index is 568. The molecule has 1 rings (SSSR count). The van der Waals surface area contributed by atoms with Gasteiger partial charge in [0, 0.05) is 0 Å². The third-order valence-corrected chi connectivity index (χ3v) is 7.73. The average Bonchev–Trinajstić information content (AvgIpc) is 1.97. The highest BCUT2D eigenvalue weighted by atomic mass is 31.3. The Balaban J connectivity index is 3.64. The number of hydrogen-bond acceptors (Lipinski definition) is 3. The highest BCUT2D eigenvalue weighted by Crippen LogP contribution is 2.80. The molecule has 0 aromatic rings. The van der Waals surface area contributed by atoms with E-state index in [0.29, 0.717) is 0 Å². The predicted octanol–water partition coefficient (Wildman–Crippen LogP) is 5.85. The van der Waals surface area contributed by atoms with Gasteiger partial charge in [-0.3, -0.25) is 0 Å². The summed E-state index contributed by atoms with van der Waals surface area (Å²) in [6.07, 6.45) is 0. The zero-order valence-corrected chi connectivity index (χ0v) is 10.9. The van der Waals surface area contributed by atoms with Crippen LogP contribution in [0.5, 0.6) is 0 Å².